The first kappa shape index (κ1) is 12.2. The summed E-state index contributed by atoms with van der Waals surface area (Å²) in [7, 11) is 1.27. The normalized spacial score (nSPS) is 31.4. The Morgan fingerprint density at radius 3 is 2.29 bits per heavy atom. The first-order valence-electron chi connectivity index (χ1n) is 5.54. The summed E-state index contributed by atoms with van der Waals surface area (Å²) < 4.78 is 12.2. The van der Waals surface area contributed by atoms with E-state index in [1.807, 2.05) is 7.05 Å². The molecule has 1 fully saturated rings. The van der Waals surface area contributed by atoms with Crippen LogP contribution in [0.25, 0.3) is 0 Å². The molecule has 1 rings (SSSR count). The van der Waals surface area contributed by atoms with Gasteiger partial charge >= 0.3 is 0 Å². The van der Waals surface area contributed by atoms with Crippen molar-refractivity contribution in [3.05, 3.63) is 0 Å². The van der Waals surface area contributed by atoms with Crippen LogP contribution in [0.5, 0.6) is 0 Å². The lowest BCUT2D eigenvalue weighted by molar-refractivity contribution is 0.396. The van der Waals surface area contributed by atoms with Gasteiger partial charge in [0, 0.05) is 21.6 Å². The molecule has 0 aliphatic heterocycles. The molecule has 3 heteroatoms. The minimum atomic E-state index is -0.716. The van der Waals surface area contributed by atoms with E-state index in [-0.39, 0.29) is 4.75 Å². The van der Waals surface area contributed by atoms with Crippen LogP contribution in [0, 0.1) is 0 Å². The Balaban J connectivity index is 2.69. The molecule has 1 aliphatic rings. The highest BCUT2D eigenvalue weighted by molar-refractivity contribution is 7.87. The van der Waals surface area contributed by atoms with Gasteiger partial charge in [0.05, 0.1) is 5.25 Å². The lowest BCUT2D eigenvalue weighted by atomic mass is 9.95. The Morgan fingerprint density at radius 1 is 1.21 bits per heavy atom. The van der Waals surface area contributed by atoms with Gasteiger partial charge in [0.15, 0.2) is 0 Å². The van der Waals surface area contributed by atoms with Crippen LogP contribution in [0.3, 0.4) is 0 Å². The van der Waals surface area contributed by atoms with E-state index < -0.39 is 10.8 Å². The highest BCUT2D eigenvalue weighted by atomic mass is 32.2. The second-order valence-electron chi connectivity index (χ2n) is 5.13. The van der Waals surface area contributed by atoms with Crippen molar-refractivity contribution in [3.8, 4) is 0 Å². The van der Waals surface area contributed by atoms with E-state index in [1.165, 1.54) is 19.3 Å². The van der Waals surface area contributed by atoms with Crippen LogP contribution < -0.4 is 5.32 Å². The Kier molecular flexibility index (Phi) is 4.14. The predicted octanol–water partition coefficient (Wildman–Crippen LogP) is 2.06. The minimum absolute atomic E-state index is 0.0723. The number of nitrogens with one attached hydrogen (secondary N) is 1. The van der Waals surface area contributed by atoms with Crippen molar-refractivity contribution in [3.63, 3.8) is 0 Å². The third-order valence-electron chi connectivity index (χ3n) is 2.95. The van der Waals surface area contributed by atoms with Gasteiger partial charge in [0.25, 0.3) is 0 Å². The molecule has 1 saturated carbocycles. The molecule has 0 radical (unpaired) electrons. The number of hydrogen-bond acceptors (Lipinski definition) is 2. The average Bonchev–Trinajstić information content (AvgIpc) is 2.15. The van der Waals surface area contributed by atoms with E-state index >= 15 is 0 Å². The topological polar surface area (TPSA) is 29.1 Å². The molecule has 0 aromatic heterocycles. The zero-order valence-corrected chi connectivity index (χ0v) is 10.6. The molecule has 0 amide bonds. The highest BCUT2D eigenvalue weighted by Crippen LogP contribution is 2.28. The molecule has 1 N–H and O–H groups in total. The maximum atomic E-state index is 12.3. The van der Waals surface area contributed by atoms with Gasteiger partial charge in [-0.05, 0) is 40.7 Å². The molecule has 84 valence electrons. The maximum absolute atomic E-state index is 12.3. The van der Waals surface area contributed by atoms with Crippen LogP contribution in [-0.4, -0.2) is 27.3 Å². The molecule has 0 heterocycles. The largest absolute Gasteiger partial charge is 0.316 e. The lowest BCUT2D eigenvalue weighted by Gasteiger charge is -2.34. The van der Waals surface area contributed by atoms with E-state index in [4.69, 9.17) is 0 Å². The van der Waals surface area contributed by atoms with Crippen molar-refractivity contribution < 1.29 is 4.21 Å². The van der Waals surface area contributed by atoms with Crippen LogP contribution in [0.1, 0.15) is 46.5 Å². The monoisotopic (exact) mass is 217 g/mol. The van der Waals surface area contributed by atoms with Gasteiger partial charge in [-0.1, -0.05) is 12.8 Å². The van der Waals surface area contributed by atoms with Crippen LogP contribution in [0.4, 0.5) is 0 Å². The number of hydrogen-bond donors (Lipinski definition) is 1. The van der Waals surface area contributed by atoms with Crippen molar-refractivity contribution in [2.24, 2.45) is 0 Å². The van der Waals surface area contributed by atoms with Crippen molar-refractivity contribution in [2.45, 2.75) is 62.5 Å². The Morgan fingerprint density at radius 2 is 1.79 bits per heavy atom. The van der Waals surface area contributed by atoms with E-state index in [9.17, 15) is 4.21 Å². The molecule has 14 heavy (non-hydrogen) atoms. The quantitative estimate of drug-likeness (QED) is 0.767. The van der Waals surface area contributed by atoms with Gasteiger partial charge in [-0.25, -0.2) is 0 Å². The van der Waals surface area contributed by atoms with E-state index in [0.29, 0.717) is 11.3 Å². The Labute approximate surface area is 90.3 Å². The standard InChI is InChI=1S/C11H23NOS/c1-11(2,3)14(13)10-8-6-5-7-9(10)12-4/h9-10,12H,5-8H2,1-4H3. The summed E-state index contributed by atoms with van der Waals surface area (Å²) >= 11 is 0. The highest BCUT2D eigenvalue weighted by Gasteiger charge is 2.34. The van der Waals surface area contributed by atoms with E-state index in [0.717, 1.165) is 6.42 Å². The summed E-state index contributed by atoms with van der Waals surface area (Å²) in [4.78, 5) is 0. The molecule has 0 spiro atoms. The SMILES string of the molecule is CNC1CCCCC1S(=O)C(C)(C)C. The molecule has 1 aliphatic carbocycles. The molecule has 0 bridgehead atoms. The smallest absolute Gasteiger partial charge is 0.0506 e. The van der Waals surface area contributed by atoms with Gasteiger partial charge in [-0.2, -0.15) is 0 Å². The lowest BCUT2D eigenvalue weighted by Crippen LogP contribution is -2.46. The zero-order valence-electron chi connectivity index (χ0n) is 9.80. The van der Waals surface area contributed by atoms with Gasteiger partial charge < -0.3 is 5.32 Å². The summed E-state index contributed by atoms with van der Waals surface area (Å²) in [6, 6.07) is 0.462. The van der Waals surface area contributed by atoms with Crippen molar-refractivity contribution in [1.82, 2.24) is 5.32 Å². The summed E-state index contributed by atoms with van der Waals surface area (Å²) in [5.41, 5.74) is 0. The number of rotatable bonds is 2. The van der Waals surface area contributed by atoms with E-state index in [2.05, 4.69) is 26.1 Å². The molecule has 0 saturated heterocycles. The van der Waals surface area contributed by atoms with Crippen LogP contribution in [-0.2, 0) is 10.8 Å². The van der Waals surface area contributed by atoms with Gasteiger partial charge in [-0.3, -0.25) is 4.21 Å². The summed E-state index contributed by atoms with van der Waals surface area (Å²) in [6.07, 6.45) is 4.83. The molecule has 3 atom stereocenters. The van der Waals surface area contributed by atoms with Crippen molar-refractivity contribution in [1.29, 1.82) is 0 Å². The fourth-order valence-corrected chi connectivity index (χ4v) is 4.00. The van der Waals surface area contributed by atoms with Crippen molar-refractivity contribution >= 4 is 10.8 Å². The Bertz CT molecular complexity index is 210. The summed E-state index contributed by atoms with van der Waals surface area (Å²) in [5, 5.41) is 3.67. The van der Waals surface area contributed by atoms with Gasteiger partial charge in [0.2, 0.25) is 0 Å². The molecular formula is C11H23NOS. The first-order valence-corrected chi connectivity index (χ1v) is 6.76. The van der Waals surface area contributed by atoms with Crippen LogP contribution >= 0.6 is 0 Å². The Hall–Kier alpha value is 0.110. The summed E-state index contributed by atoms with van der Waals surface area (Å²) in [5.74, 6) is 0. The molecule has 0 aromatic carbocycles. The average molecular weight is 217 g/mol. The third kappa shape index (κ3) is 2.80. The zero-order chi connectivity index (χ0) is 10.8. The fraction of sp³-hybridized carbons (Fsp3) is 1.00. The van der Waals surface area contributed by atoms with Gasteiger partial charge in [0.1, 0.15) is 0 Å². The second-order valence-corrected chi connectivity index (χ2v) is 7.55. The fourth-order valence-electron chi connectivity index (χ4n) is 2.14. The molecule has 2 nitrogen and oxygen atoms in total. The third-order valence-corrected chi connectivity index (χ3v) is 5.27. The maximum Gasteiger partial charge on any atom is 0.0506 e. The van der Waals surface area contributed by atoms with Crippen LogP contribution in [0.2, 0.25) is 0 Å². The predicted molar refractivity (Wildman–Crippen MR) is 63.0 cm³/mol. The van der Waals surface area contributed by atoms with Gasteiger partial charge in [-0.15, -0.1) is 0 Å². The first-order chi connectivity index (χ1) is 6.46. The second kappa shape index (κ2) is 4.75. The molecule has 0 aromatic rings. The molecule has 3 unspecified atom stereocenters. The summed E-state index contributed by atoms with van der Waals surface area (Å²) in [6.45, 7) is 6.22. The van der Waals surface area contributed by atoms with E-state index in [1.54, 1.807) is 0 Å². The van der Waals surface area contributed by atoms with Crippen LogP contribution in [0.15, 0.2) is 0 Å². The molecular weight excluding hydrogens is 194 g/mol. The minimum Gasteiger partial charge on any atom is -0.316 e. The van der Waals surface area contributed by atoms with Crippen molar-refractivity contribution in [2.75, 3.05) is 7.05 Å².